The molecule has 0 bridgehead atoms. The summed E-state index contributed by atoms with van der Waals surface area (Å²) >= 11 is 6.08. The maximum Gasteiger partial charge on any atom is 0.307 e. The summed E-state index contributed by atoms with van der Waals surface area (Å²) in [4.78, 5) is 13.0. The van der Waals surface area contributed by atoms with Crippen LogP contribution < -0.4 is 0 Å². The fourth-order valence-electron chi connectivity index (χ4n) is 1.76. The highest BCUT2D eigenvalue weighted by atomic mass is 35.5. The standard InChI is InChI=1S/C14H20ClNO2/c1-4-16(8-11(3)14(17)18)9-12-6-5-10(2)13(15)7-12/h5-7,11H,4,8-9H2,1-3H3,(H,17,18). The third kappa shape index (κ3) is 4.31. The lowest BCUT2D eigenvalue weighted by molar-refractivity contribution is -0.141. The number of aryl methyl sites for hydroxylation is 1. The van der Waals surface area contributed by atoms with Crippen LogP contribution in [0.3, 0.4) is 0 Å². The molecule has 0 aliphatic carbocycles. The Kier molecular flexibility index (Phi) is 5.63. The number of carboxylic acids is 1. The van der Waals surface area contributed by atoms with Gasteiger partial charge in [-0.25, -0.2) is 0 Å². The molecule has 4 heteroatoms. The summed E-state index contributed by atoms with van der Waals surface area (Å²) in [5.41, 5.74) is 2.17. The van der Waals surface area contributed by atoms with Crippen LogP contribution in [0, 0.1) is 12.8 Å². The van der Waals surface area contributed by atoms with E-state index >= 15 is 0 Å². The summed E-state index contributed by atoms with van der Waals surface area (Å²) in [5, 5.41) is 9.68. The molecule has 100 valence electrons. The molecule has 18 heavy (non-hydrogen) atoms. The van der Waals surface area contributed by atoms with Crippen molar-refractivity contribution in [1.82, 2.24) is 4.90 Å². The summed E-state index contributed by atoms with van der Waals surface area (Å²) < 4.78 is 0. The fourth-order valence-corrected chi connectivity index (χ4v) is 1.97. The Morgan fingerprint density at radius 3 is 2.67 bits per heavy atom. The number of aliphatic carboxylic acids is 1. The van der Waals surface area contributed by atoms with Crippen LogP contribution in [0.15, 0.2) is 18.2 Å². The van der Waals surface area contributed by atoms with E-state index in [-0.39, 0.29) is 5.92 Å². The van der Waals surface area contributed by atoms with E-state index in [1.807, 2.05) is 32.0 Å². The largest absolute Gasteiger partial charge is 0.481 e. The van der Waals surface area contributed by atoms with Crippen molar-refractivity contribution in [2.75, 3.05) is 13.1 Å². The Hall–Kier alpha value is -1.06. The topological polar surface area (TPSA) is 40.5 Å². The molecule has 0 radical (unpaired) electrons. The Bertz CT molecular complexity index is 420. The van der Waals surface area contributed by atoms with Gasteiger partial charge in [-0.2, -0.15) is 0 Å². The van der Waals surface area contributed by atoms with Crippen molar-refractivity contribution in [2.24, 2.45) is 5.92 Å². The molecule has 0 saturated carbocycles. The molecule has 1 aromatic rings. The number of nitrogens with zero attached hydrogens (tertiary/aromatic N) is 1. The van der Waals surface area contributed by atoms with E-state index in [9.17, 15) is 4.79 Å². The zero-order chi connectivity index (χ0) is 13.7. The second kappa shape index (κ2) is 6.76. The van der Waals surface area contributed by atoms with Crippen LogP contribution in [0.2, 0.25) is 5.02 Å². The number of carbonyl (C=O) groups is 1. The minimum atomic E-state index is -0.754. The van der Waals surface area contributed by atoms with Crippen molar-refractivity contribution < 1.29 is 9.90 Å². The summed E-state index contributed by atoms with van der Waals surface area (Å²) in [7, 11) is 0. The number of hydrogen-bond acceptors (Lipinski definition) is 2. The Labute approximate surface area is 113 Å². The van der Waals surface area contributed by atoms with Crippen LogP contribution in [-0.2, 0) is 11.3 Å². The first-order chi connectivity index (χ1) is 8.43. The van der Waals surface area contributed by atoms with Gasteiger partial charge in [0.2, 0.25) is 0 Å². The number of hydrogen-bond donors (Lipinski definition) is 1. The van der Waals surface area contributed by atoms with Crippen LogP contribution in [0.1, 0.15) is 25.0 Å². The predicted molar refractivity (Wildman–Crippen MR) is 73.9 cm³/mol. The van der Waals surface area contributed by atoms with E-state index in [1.54, 1.807) is 6.92 Å². The van der Waals surface area contributed by atoms with Crippen LogP contribution in [0.5, 0.6) is 0 Å². The van der Waals surface area contributed by atoms with Crippen molar-refractivity contribution in [1.29, 1.82) is 0 Å². The first-order valence-electron chi connectivity index (χ1n) is 6.14. The molecule has 1 atom stereocenters. The van der Waals surface area contributed by atoms with Crippen molar-refractivity contribution in [3.05, 3.63) is 34.3 Å². The molecule has 0 heterocycles. The van der Waals surface area contributed by atoms with E-state index in [4.69, 9.17) is 16.7 Å². The highest BCUT2D eigenvalue weighted by Gasteiger charge is 2.15. The van der Waals surface area contributed by atoms with Gasteiger partial charge in [-0.1, -0.05) is 37.6 Å². The quantitative estimate of drug-likeness (QED) is 0.862. The van der Waals surface area contributed by atoms with Gasteiger partial charge in [-0.05, 0) is 30.7 Å². The molecule has 1 N–H and O–H groups in total. The zero-order valence-electron chi connectivity index (χ0n) is 11.1. The van der Waals surface area contributed by atoms with Crippen molar-refractivity contribution >= 4 is 17.6 Å². The van der Waals surface area contributed by atoms with Gasteiger partial charge >= 0.3 is 5.97 Å². The first-order valence-corrected chi connectivity index (χ1v) is 6.52. The second-order valence-electron chi connectivity index (χ2n) is 4.65. The Morgan fingerprint density at radius 1 is 1.50 bits per heavy atom. The third-order valence-corrected chi connectivity index (χ3v) is 3.45. The summed E-state index contributed by atoms with van der Waals surface area (Å²) in [5.74, 6) is -1.11. The predicted octanol–water partition coefficient (Wildman–Crippen LogP) is 3.19. The molecule has 1 rings (SSSR count). The minimum absolute atomic E-state index is 0.356. The molecule has 0 fully saturated rings. The van der Waals surface area contributed by atoms with Gasteiger partial charge in [0.05, 0.1) is 5.92 Å². The zero-order valence-corrected chi connectivity index (χ0v) is 11.9. The van der Waals surface area contributed by atoms with E-state index in [0.29, 0.717) is 6.54 Å². The summed E-state index contributed by atoms with van der Waals surface area (Å²) in [6.07, 6.45) is 0. The van der Waals surface area contributed by atoms with E-state index in [2.05, 4.69) is 4.90 Å². The fraction of sp³-hybridized carbons (Fsp3) is 0.500. The van der Waals surface area contributed by atoms with Gasteiger partial charge in [0, 0.05) is 18.1 Å². The number of rotatable bonds is 6. The SMILES string of the molecule is CCN(Cc1ccc(C)c(Cl)c1)CC(C)C(=O)O. The second-order valence-corrected chi connectivity index (χ2v) is 5.06. The molecule has 3 nitrogen and oxygen atoms in total. The molecular weight excluding hydrogens is 250 g/mol. The lowest BCUT2D eigenvalue weighted by Gasteiger charge is -2.22. The van der Waals surface area contributed by atoms with Crippen molar-refractivity contribution in [2.45, 2.75) is 27.3 Å². The lowest BCUT2D eigenvalue weighted by atomic mass is 10.1. The summed E-state index contributed by atoms with van der Waals surface area (Å²) in [6.45, 7) is 7.84. The maximum atomic E-state index is 10.9. The van der Waals surface area contributed by atoms with Gasteiger partial charge in [-0.15, -0.1) is 0 Å². The molecule has 0 aliphatic rings. The van der Waals surface area contributed by atoms with E-state index in [1.165, 1.54) is 0 Å². The lowest BCUT2D eigenvalue weighted by Crippen LogP contribution is -2.31. The third-order valence-electron chi connectivity index (χ3n) is 3.04. The normalized spacial score (nSPS) is 12.7. The highest BCUT2D eigenvalue weighted by molar-refractivity contribution is 6.31. The van der Waals surface area contributed by atoms with Gasteiger partial charge in [0.1, 0.15) is 0 Å². The Morgan fingerprint density at radius 2 is 2.17 bits per heavy atom. The molecule has 0 spiro atoms. The average Bonchev–Trinajstić information content (AvgIpc) is 2.32. The molecule has 0 amide bonds. The van der Waals surface area contributed by atoms with Gasteiger partial charge in [-0.3, -0.25) is 9.69 Å². The van der Waals surface area contributed by atoms with E-state index < -0.39 is 5.97 Å². The van der Waals surface area contributed by atoms with Crippen LogP contribution in [-0.4, -0.2) is 29.1 Å². The smallest absolute Gasteiger partial charge is 0.307 e. The van der Waals surface area contributed by atoms with Crippen molar-refractivity contribution in [3.8, 4) is 0 Å². The average molecular weight is 270 g/mol. The molecule has 0 saturated heterocycles. The number of carboxylic acid groups (broad SMARTS) is 1. The van der Waals surface area contributed by atoms with Crippen LogP contribution in [0.4, 0.5) is 0 Å². The number of benzene rings is 1. The van der Waals surface area contributed by atoms with Crippen LogP contribution in [0.25, 0.3) is 0 Å². The van der Waals surface area contributed by atoms with Gasteiger partial charge in [0.15, 0.2) is 0 Å². The maximum absolute atomic E-state index is 10.9. The van der Waals surface area contributed by atoms with E-state index in [0.717, 1.165) is 29.2 Å². The number of halogens is 1. The van der Waals surface area contributed by atoms with Crippen molar-refractivity contribution in [3.63, 3.8) is 0 Å². The summed E-state index contributed by atoms with van der Waals surface area (Å²) in [6, 6.07) is 5.98. The molecule has 0 aromatic heterocycles. The molecular formula is C14H20ClNO2. The Balaban J connectivity index is 2.67. The van der Waals surface area contributed by atoms with Gasteiger partial charge in [0.25, 0.3) is 0 Å². The minimum Gasteiger partial charge on any atom is -0.481 e. The first kappa shape index (κ1) is 15.0. The molecule has 1 aromatic carbocycles. The monoisotopic (exact) mass is 269 g/mol. The molecule has 1 unspecified atom stereocenters. The highest BCUT2D eigenvalue weighted by Crippen LogP contribution is 2.18. The molecule has 0 aliphatic heterocycles. The van der Waals surface area contributed by atoms with Gasteiger partial charge < -0.3 is 5.11 Å². The van der Waals surface area contributed by atoms with Crippen LogP contribution >= 0.6 is 11.6 Å².